The average molecular weight is 242 g/mol. The largest absolute Gasteiger partial charge is 0.299 e. The molecule has 0 N–H and O–H groups in total. The second-order valence-corrected chi connectivity index (χ2v) is 5.48. The van der Waals surface area contributed by atoms with Gasteiger partial charge in [0.1, 0.15) is 0 Å². The fourth-order valence-corrected chi connectivity index (χ4v) is 2.83. The molecule has 18 heavy (non-hydrogen) atoms. The van der Waals surface area contributed by atoms with Crippen molar-refractivity contribution in [3.05, 3.63) is 35.4 Å². The van der Waals surface area contributed by atoms with Gasteiger partial charge in [0, 0.05) is 18.5 Å². The van der Waals surface area contributed by atoms with Gasteiger partial charge in [-0.3, -0.25) is 4.90 Å². The molecule has 0 aromatic heterocycles. The highest BCUT2D eigenvalue weighted by atomic mass is 15.1. The standard InChI is InChI=1S/C16H22N2/c1-13-5-3-4-6-15(13)12-18(2)16-9-7-14(11-17)8-10-16/h3-6,14,16H,7-10,12H2,1-2H3. The van der Waals surface area contributed by atoms with Crippen molar-refractivity contribution in [3.8, 4) is 6.07 Å². The Balaban J connectivity index is 1.91. The van der Waals surface area contributed by atoms with E-state index in [1.807, 2.05) is 0 Å². The molecule has 0 aliphatic heterocycles. The fraction of sp³-hybridized carbons (Fsp3) is 0.562. The van der Waals surface area contributed by atoms with E-state index in [4.69, 9.17) is 5.26 Å². The SMILES string of the molecule is Cc1ccccc1CN(C)C1CCC(C#N)CC1. The van der Waals surface area contributed by atoms with Crippen LogP contribution in [0.15, 0.2) is 24.3 Å². The molecule has 0 unspecified atom stereocenters. The quantitative estimate of drug-likeness (QED) is 0.811. The van der Waals surface area contributed by atoms with E-state index in [-0.39, 0.29) is 0 Å². The van der Waals surface area contributed by atoms with Gasteiger partial charge in [0.25, 0.3) is 0 Å². The first kappa shape index (κ1) is 13.1. The summed E-state index contributed by atoms with van der Waals surface area (Å²) in [7, 11) is 2.21. The zero-order chi connectivity index (χ0) is 13.0. The molecule has 2 heteroatoms. The molecule has 0 saturated heterocycles. The minimum atomic E-state index is 0.299. The number of aryl methyl sites for hydroxylation is 1. The van der Waals surface area contributed by atoms with Crippen LogP contribution in [0.4, 0.5) is 0 Å². The highest BCUT2D eigenvalue weighted by Crippen LogP contribution is 2.27. The Kier molecular flexibility index (Phi) is 4.38. The summed E-state index contributed by atoms with van der Waals surface area (Å²) in [5.74, 6) is 0.299. The highest BCUT2D eigenvalue weighted by Gasteiger charge is 2.23. The van der Waals surface area contributed by atoms with E-state index in [1.54, 1.807) is 0 Å². The third-order valence-electron chi connectivity index (χ3n) is 4.18. The predicted octanol–water partition coefficient (Wildman–Crippen LogP) is 3.51. The van der Waals surface area contributed by atoms with Crippen molar-refractivity contribution in [2.24, 2.45) is 5.92 Å². The van der Waals surface area contributed by atoms with Crippen LogP contribution < -0.4 is 0 Å². The summed E-state index contributed by atoms with van der Waals surface area (Å²) in [6.45, 7) is 3.20. The molecule has 0 amide bonds. The lowest BCUT2D eigenvalue weighted by Gasteiger charge is -2.33. The molecule has 1 aromatic carbocycles. The van der Waals surface area contributed by atoms with Crippen LogP contribution in [0.2, 0.25) is 0 Å². The molecule has 1 aromatic rings. The van der Waals surface area contributed by atoms with E-state index in [2.05, 4.69) is 49.2 Å². The Labute approximate surface area is 110 Å². The van der Waals surface area contributed by atoms with Crippen molar-refractivity contribution < 1.29 is 0 Å². The van der Waals surface area contributed by atoms with Crippen LogP contribution in [0, 0.1) is 24.2 Å². The molecule has 1 aliphatic carbocycles. The monoisotopic (exact) mass is 242 g/mol. The lowest BCUT2D eigenvalue weighted by molar-refractivity contribution is 0.171. The minimum absolute atomic E-state index is 0.299. The van der Waals surface area contributed by atoms with E-state index < -0.39 is 0 Å². The van der Waals surface area contributed by atoms with Crippen LogP contribution in [0.1, 0.15) is 36.8 Å². The van der Waals surface area contributed by atoms with Crippen LogP contribution in [0.25, 0.3) is 0 Å². The third kappa shape index (κ3) is 3.11. The molecule has 96 valence electrons. The van der Waals surface area contributed by atoms with Crippen molar-refractivity contribution in [1.82, 2.24) is 4.90 Å². The molecule has 1 saturated carbocycles. The van der Waals surface area contributed by atoms with E-state index in [1.165, 1.54) is 24.0 Å². The Hall–Kier alpha value is -1.33. The summed E-state index contributed by atoms with van der Waals surface area (Å²) in [6, 6.07) is 11.7. The maximum atomic E-state index is 8.92. The summed E-state index contributed by atoms with van der Waals surface area (Å²) in [5, 5.41) is 8.92. The zero-order valence-corrected chi connectivity index (χ0v) is 11.4. The summed E-state index contributed by atoms with van der Waals surface area (Å²) in [5.41, 5.74) is 2.79. The van der Waals surface area contributed by atoms with Gasteiger partial charge in [0.15, 0.2) is 0 Å². The molecule has 0 radical (unpaired) electrons. The second-order valence-electron chi connectivity index (χ2n) is 5.48. The minimum Gasteiger partial charge on any atom is -0.299 e. The molecule has 0 atom stereocenters. The second kappa shape index (κ2) is 6.02. The van der Waals surface area contributed by atoms with Crippen LogP contribution in [-0.2, 0) is 6.54 Å². The molecule has 0 heterocycles. The van der Waals surface area contributed by atoms with Crippen LogP contribution in [0.3, 0.4) is 0 Å². The van der Waals surface area contributed by atoms with Gasteiger partial charge in [-0.05, 0) is 50.8 Å². The maximum absolute atomic E-state index is 8.92. The van der Waals surface area contributed by atoms with E-state index in [9.17, 15) is 0 Å². The van der Waals surface area contributed by atoms with Gasteiger partial charge in [-0.2, -0.15) is 5.26 Å². The lowest BCUT2D eigenvalue weighted by atomic mass is 9.86. The van der Waals surface area contributed by atoms with E-state index >= 15 is 0 Å². The van der Waals surface area contributed by atoms with Crippen LogP contribution in [0.5, 0.6) is 0 Å². The van der Waals surface area contributed by atoms with Crippen LogP contribution >= 0.6 is 0 Å². The first-order valence-corrected chi connectivity index (χ1v) is 6.85. The Bertz CT molecular complexity index is 425. The molecular formula is C16H22N2. The first-order chi connectivity index (χ1) is 8.70. The Morgan fingerprint density at radius 2 is 1.89 bits per heavy atom. The summed E-state index contributed by atoms with van der Waals surface area (Å²) >= 11 is 0. The van der Waals surface area contributed by atoms with Gasteiger partial charge in [-0.1, -0.05) is 24.3 Å². The van der Waals surface area contributed by atoms with Crippen molar-refractivity contribution in [1.29, 1.82) is 5.26 Å². The summed E-state index contributed by atoms with van der Waals surface area (Å²) < 4.78 is 0. The molecule has 1 aliphatic rings. The number of rotatable bonds is 3. The Morgan fingerprint density at radius 1 is 1.22 bits per heavy atom. The van der Waals surface area contributed by atoms with Gasteiger partial charge < -0.3 is 0 Å². The number of hydrogen-bond donors (Lipinski definition) is 0. The molecule has 0 bridgehead atoms. The molecular weight excluding hydrogens is 220 g/mol. The summed E-state index contributed by atoms with van der Waals surface area (Å²) in [6.07, 6.45) is 4.47. The van der Waals surface area contributed by atoms with Gasteiger partial charge in [0.2, 0.25) is 0 Å². The van der Waals surface area contributed by atoms with Gasteiger partial charge >= 0.3 is 0 Å². The smallest absolute Gasteiger partial charge is 0.0655 e. The number of nitrogens with zero attached hydrogens (tertiary/aromatic N) is 2. The van der Waals surface area contributed by atoms with Crippen LogP contribution in [-0.4, -0.2) is 18.0 Å². The lowest BCUT2D eigenvalue weighted by Crippen LogP contribution is -2.34. The highest BCUT2D eigenvalue weighted by molar-refractivity contribution is 5.25. The van der Waals surface area contributed by atoms with Gasteiger partial charge in [-0.25, -0.2) is 0 Å². The third-order valence-corrected chi connectivity index (χ3v) is 4.18. The van der Waals surface area contributed by atoms with Crippen molar-refractivity contribution in [3.63, 3.8) is 0 Å². The van der Waals surface area contributed by atoms with E-state index in [0.717, 1.165) is 19.4 Å². The molecule has 1 fully saturated rings. The average Bonchev–Trinajstić information content (AvgIpc) is 2.41. The van der Waals surface area contributed by atoms with Crippen molar-refractivity contribution >= 4 is 0 Å². The maximum Gasteiger partial charge on any atom is 0.0655 e. The van der Waals surface area contributed by atoms with Crippen molar-refractivity contribution in [2.75, 3.05) is 7.05 Å². The molecule has 2 nitrogen and oxygen atoms in total. The number of hydrogen-bond acceptors (Lipinski definition) is 2. The molecule has 0 spiro atoms. The first-order valence-electron chi connectivity index (χ1n) is 6.85. The van der Waals surface area contributed by atoms with Gasteiger partial charge in [-0.15, -0.1) is 0 Å². The fourth-order valence-electron chi connectivity index (χ4n) is 2.83. The normalized spacial score (nSPS) is 23.9. The summed E-state index contributed by atoms with van der Waals surface area (Å²) in [4.78, 5) is 2.45. The van der Waals surface area contributed by atoms with E-state index in [0.29, 0.717) is 12.0 Å². The zero-order valence-electron chi connectivity index (χ0n) is 11.4. The number of benzene rings is 1. The number of nitriles is 1. The van der Waals surface area contributed by atoms with Gasteiger partial charge in [0.05, 0.1) is 6.07 Å². The predicted molar refractivity (Wildman–Crippen MR) is 74.0 cm³/mol. The van der Waals surface area contributed by atoms with Crippen molar-refractivity contribution in [2.45, 2.75) is 45.2 Å². The topological polar surface area (TPSA) is 27.0 Å². The molecule has 2 rings (SSSR count). The Morgan fingerprint density at radius 3 is 2.50 bits per heavy atom.